The van der Waals surface area contributed by atoms with Crippen molar-refractivity contribution < 1.29 is 53.6 Å². The van der Waals surface area contributed by atoms with Crippen molar-refractivity contribution >= 4 is 27.3 Å². The second-order valence-electron chi connectivity index (χ2n) is 0. The first kappa shape index (κ1) is 30.7. The number of hydrogen-bond donors (Lipinski definition) is 0. The topological polar surface area (TPSA) is 0 Å². The Balaban J connectivity index is 0. The molecule has 0 fully saturated rings. The van der Waals surface area contributed by atoms with Crippen molar-refractivity contribution in [3.8, 4) is 0 Å². The molecular formula is H2CuFePbZn. The summed E-state index contributed by atoms with van der Waals surface area (Å²) in [5.74, 6) is 0. The van der Waals surface area contributed by atoms with Gasteiger partial charge in [-0.1, -0.05) is 0 Å². The molecule has 0 heterocycles. The first-order valence-corrected chi connectivity index (χ1v) is 0. The van der Waals surface area contributed by atoms with Gasteiger partial charge >= 0.3 is 27.3 Å². The molecule has 0 N–H and O–H groups in total. The third kappa shape index (κ3) is 8.82. The summed E-state index contributed by atoms with van der Waals surface area (Å²) in [5, 5.41) is 0. The zero-order chi connectivity index (χ0) is 0. The van der Waals surface area contributed by atoms with Crippen LogP contribution < -0.4 is 0 Å². The summed E-state index contributed by atoms with van der Waals surface area (Å²) in [6.45, 7) is 0. The van der Waals surface area contributed by atoms with E-state index in [1.54, 1.807) is 0 Å². The Bertz CT molecular complexity index is 8.00. The Morgan fingerprint density at radius 3 is 1.00 bits per heavy atom. The molecule has 0 aliphatic rings. The second-order valence-corrected chi connectivity index (χ2v) is 0. The molecule has 0 spiro atoms. The Kier molecular flexibility index (Phi) is 135. The average Bonchev–Trinajstić information content (AvgIpc) is 0. The summed E-state index contributed by atoms with van der Waals surface area (Å²) in [6.07, 6.45) is 0. The van der Waals surface area contributed by atoms with Gasteiger partial charge in [-0.2, -0.15) is 0 Å². The van der Waals surface area contributed by atoms with Gasteiger partial charge in [-0.25, -0.2) is 0 Å². The Labute approximate surface area is 79.7 Å². The van der Waals surface area contributed by atoms with Gasteiger partial charge in [0.2, 0.25) is 0 Å². The molecular weight excluding hydrogens is 392 g/mol. The summed E-state index contributed by atoms with van der Waals surface area (Å²) in [7, 11) is 0. The van der Waals surface area contributed by atoms with Gasteiger partial charge in [0.15, 0.2) is 0 Å². The molecule has 0 nitrogen and oxygen atoms in total. The maximum atomic E-state index is 0. The van der Waals surface area contributed by atoms with Crippen LogP contribution in [0, 0.1) is 0 Å². The predicted octanol–water partition coefficient (Wildman–Crippen LogP) is -0.924. The van der Waals surface area contributed by atoms with Gasteiger partial charge in [-0.05, 0) is 0 Å². The minimum atomic E-state index is 0. The van der Waals surface area contributed by atoms with Crippen molar-refractivity contribution in [3.63, 3.8) is 0 Å². The van der Waals surface area contributed by atoms with Gasteiger partial charge in [0, 0.05) is 53.6 Å². The smallest absolute Gasteiger partial charge is 0 e. The number of rotatable bonds is 0. The maximum absolute atomic E-state index is 0. The third-order valence-electron chi connectivity index (χ3n) is 0. The molecule has 0 aromatic carbocycles. The summed E-state index contributed by atoms with van der Waals surface area (Å²) < 4.78 is 0. The molecule has 0 aliphatic heterocycles. The van der Waals surface area contributed by atoms with E-state index in [1.165, 1.54) is 0 Å². The van der Waals surface area contributed by atoms with Crippen molar-refractivity contribution in [2.75, 3.05) is 0 Å². The van der Waals surface area contributed by atoms with E-state index in [2.05, 4.69) is 0 Å². The van der Waals surface area contributed by atoms with Crippen molar-refractivity contribution in [2.45, 2.75) is 0 Å². The standard InChI is InChI=1S/Cu.Fe.Pb.Zn.2H. The van der Waals surface area contributed by atoms with Crippen LogP contribution in [0.25, 0.3) is 0 Å². The fraction of sp³-hybridized carbons (Fsp3) is 0. The van der Waals surface area contributed by atoms with Crippen molar-refractivity contribution in [2.24, 2.45) is 0 Å². The van der Waals surface area contributed by atoms with Crippen LogP contribution >= 0.6 is 0 Å². The molecule has 0 saturated carbocycles. The first-order chi connectivity index (χ1) is 0. The molecule has 0 amide bonds. The normalized spacial score (nSPS) is 0. The van der Waals surface area contributed by atoms with E-state index in [0.29, 0.717) is 0 Å². The van der Waals surface area contributed by atoms with Crippen molar-refractivity contribution in [1.82, 2.24) is 0 Å². The fourth-order valence-corrected chi connectivity index (χ4v) is 0. The van der Waals surface area contributed by atoms with Crippen molar-refractivity contribution in [1.29, 1.82) is 0 Å². The molecule has 0 aliphatic carbocycles. The second kappa shape index (κ2) is 17.6. The molecule has 0 aromatic heterocycles. The van der Waals surface area contributed by atoms with Crippen LogP contribution in [0.15, 0.2) is 0 Å². The zero-order valence-corrected chi connectivity index (χ0v) is 12.6. The monoisotopic (exact) mass is 393 g/mol. The third-order valence-corrected chi connectivity index (χ3v) is 0. The average molecular weight is 394 g/mol. The number of hydrogen-bond acceptors (Lipinski definition) is 0. The molecule has 0 saturated heterocycles. The van der Waals surface area contributed by atoms with Gasteiger partial charge in [-0.15, -0.1) is 0 Å². The van der Waals surface area contributed by atoms with Crippen LogP contribution in [0.4, 0.5) is 0 Å². The van der Waals surface area contributed by atoms with Gasteiger partial charge in [0.1, 0.15) is 0 Å². The molecule has 0 unspecified atom stereocenters. The maximum Gasteiger partial charge on any atom is 0 e. The van der Waals surface area contributed by atoms with Crippen LogP contribution in [0.1, 0.15) is 0 Å². The van der Waals surface area contributed by atoms with E-state index in [1.807, 2.05) is 0 Å². The van der Waals surface area contributed by atoms with Crippen LogP contribution in [-0.4, -0.2) is 27.3 Å². The van der Waals surface area contributed by atoms with E-state index in [9.17, 15) is 0 Å². The summed E-state index contributed by atoms with van der Waals surface area (Å²) in [6, 6.07) is 0. The van der Waals surface area contributed by atoms with E-state index >= 15 is 0 Å². The van der Waals surface area contributed by atoms with E-state index in [0.717, 1.165) is 0 Å². The molecule has 0 rings (SSSR count). The first-order valence-electron chi connectivity index (χ1n) is 0. The summed E-state index contributed by atoms with van der Waals surface area (Å²) in [4.78, 5) is 0. The SMILES string of the molecule is [Cu].[Fe].[PbH2].[Zn]. The zero-order valence-electron chi connectivity index (χ0n) is 2.07. The fourth-order valence-electron chi connectivity index (χ4n) is 0. The molecule has 4 heteroatoms. The molecule has 0 bridgehead atoms. The molecule has 27 valence electrons. The predicted molar refractivity (Wildman–Crippen MR) is 8.54 cm³/mol. The Hall–Kier alpha value is 2.58. The van der Waals surface area contributed by atoms with Gasteiger partial charge in [0.05, 0.1) is 0 Å². The quantitative estimate of drug-likeness (QED) is 0.467. The van der Waals surface area contributed by atoms with Crippen LogP contribution in [0.5, 0.6) is 0 Å². The van der Waals surface area contributed by atoms with Crippen LogP contribution in [-0.2, 0) is 53.6 Å². The van der Waals surface area contributed by atoms with Gasteiger partial charge in [-0.3, -0.25) is 0 Å². The molecule has 0 aromatic rings. The summed E-state index contributed by atoms with van der Waals surface area (Å²) >= 11 is 0. The largest absolute Gasteiger partial charge is 0 e. The summed E-state index contributed by atoms with van der Waals surface area (Å²) in [5.41, 5.74) is 0. The van der Waals surface area contributed by atoms with Gasteiger partial charge in [0.25, 0.3) is 0 Å². The van der Waals surface area contributed by atoms with E-state index in [4.69, 9.17) is 0 Å². The van der Waals surface area contributed by atoms with Gasteiger partial charge < -0.3 is 0 Å². The minimum absolute atomic E-state index is 0. The van der Waals surface area contributed by atoms with E-state index < -0.39 is 0 Å². The minimum Gasteiger partial charge on any atom is 0 e. The van der Waals surface area contributed by atoms with Crippen LogP contribution in [0.2, 0.25) is 0 Å². The molecule has 4 heavy (non-hydrogen) atoms. The van der Waals surface area contributed by atoms with E-state index in [-0.39, 0.29) is 80.9 Å². The molecule has 3 radical (unpaired) electrons. The molecule has 0 atom stereocenters. The van der Waals surface area contributed by atoms with Crippen LogP contribution in [0.3, 0.4) is 0 Å². The Morgan fingerprint density at radius 2 is 1.00 bits per heavy atom. The Morgan fingerprint density at radius 1 is 1.00 bits per heavy atom. The van der Waals surface area contributed by atoms with Crippen molar-refractivity contribution in [3.05, 3.63) is 0 Å².